The molecule has 2 saturated heterocycles. The third-order valence-electron chi connectivity index (χ3n) is 15.0. The molecule has 9 rings (SSSR count). The number of non-ortho nitro benzene ring substituents is 1. The summed E-state index contributed by atoms with van der Waals surface area (Å²) in [6.45, 7) is 0.929. The lowest BCUT2D eigenvalue weighted by atomic mass is 9.89. The van der Waals surface area contributed by atoms with Crippen LogP contribution in [0.25, 0.3) is 33.4 Å². The average Bonchev–Trinajstić information content (AvgIpc) is 1.35. The second-order valence-electron chi connectivity index (χ2n) is 21.6. The average molecular weight is 1260 g/mol. The Morgan fingerprint density at radius 3 is 2.08 bits per heavy atom. The number of fused-ring (bicyclic) bond motifs is 2. The van der Waals surface area contributed by atoms with Gasteiger partial charge in [-0.3, -0.25) is 39.0 Å². The molecule has 1 aliphatic carbocycles. The zero-order valence-electron chi connectivity index (χ0n) is 51.1. The molecule has 26 nitrogen and oxygen atoms in total. The maximum absolute atomic E-state index is 13.6. The predicted molar refractivity (Wildman–Crippen MR) is 339 cm³/mol. The van der Waals surface area contributed by atoms with Crippen molar-refractivity contribution in [2.24, 2.45) is 20.5 Å². The van der Waals surface area contributed by atoms with Crippen molar-refractivity contribution in [1.82, 2.24) is 25.4 Å². The number of rotatable bonds is 27. The lowest BCUT2D eigenvalue weighted by Crippen LogP contribution is -2.40. The molecule has 0 saturated carbocycles. The van der Waals surface area contributed by atoms with Crippen LogP contribution in [-0.2, 0) is 28.7 Å². The Hall–Kier alpha value is -10.1. The number of nitro benzene ring substituents is 1. The number of benzene rings is 6. The van der Waals surface area contributed by atoms with Crippen molar-refractivity contribution >= 4 is 98.0 Å². The van der Waals surface area contributed by atoms with E-state index in [0.717, 1.165) is 21.6 Å². The van der Waals surface area contributed by atoms with E-state index in [9.17, 15) is 44.0 Å². The van der Waals surface area contributed by atoms with Gasteiger partial charge >= 0.3 is 0 Å². The van der Waals surface area contributed by atoms with Crippen molar-refractivity contribution < 1.29 is 62.2 Å². The number of azo groups is 2. The van der Waals surface area contributed by atoms with E-state index in [1.165, 1.54) is 68.4 Å². The molecule has 3 N–H and O–H groups in total. The fourth-order valence-corrected chi connectivity index (χ4v) is 11.1. The van der Waals surface area contributed by atoms with Gasteiger partial charge in [-0.1, -0.05) is 6.07 Å². The number of imide groups is 1. The number of carbonyl (C=O) groups excluding carboxylic acids is 6. The van der Waals surface area contributed by atoms with Crippen molar-refractivity contribution in [3.8, 4) is 33.9 Å². The first kappa shape index (κ1) is 65.3. The van der Waals surface area contributed by atoms with Gasteiger partial charge < -0.3 is 59.0 Å². The number of ether oxygens (including phenoxy) is 4. The normalized spacial score (nSPS) is 15.6. The molecule has 2 fully saturated rings. The van der Waals surface area contributed by atoms with Gasteiger partial charge in [-0.2, -0.15) is 10.2 Å². The summed E-state index contributed by atoms with van der Waals surface area (Å²) in [4.78, 5) is 93.8. The van der Waals surface area contributed by atoms with Crippen LogP contribution >= 0.6 is 11.8 Å². The highest BCUT2D eigenvalue weighted by atomic mass is 32.2. The van der Waals surface area contributed by atoms with E-state index >= 15 is 0 Å². The molecule has 474 valence electrons. The zero-order chi connectivity index (χ0) is 64.9. The number of likely N-dealkylation sites (tertiary alicyclic amines) is 1. The number of hydrogen-bond acceptors (Lipinski definition) is 21. The molecule has 4 aliphatic rings. The Bertz CT molecular complexity index is 3990. The third-order valence-corrected chi connectivity index (χ3v) is 16.2. The standard InChI is InChI=1S/C64H68N12O14S/c1-72(2)43-20-23-46-51(31-43)89-52-32-44(73(3)4)21-24-47(52)60(46)48-30-38(11-22-45(48)64(82)83)61(79)66-25-9-26-67-62(80)55-37-88-59(90-55)36-75-58(78)35-56(63(75)81)91-29-27-65-57(77)10-8-28-74(5)41-16-12-39(13-17-41)68-70-49-33-54(87-7)50(34-53(49)86-6)71-69-40-14-18-42(19-15-40)76(84)85/h11-24,30-34,55-56,59H,8-10,25-29,35-37H2,1-7H3,(H3-,65,66,67,77,79,80,82,83). The molecule has 0 spiro atoms. The summed E-state index contributed by atoms with van der Waals surface area (Å²) in [5.74, 6) is -1.65. The van der Waals surface area contributed by atoms with Crippen molar-refractivity contribution in [3.05, 3.63) is 142 Å². The second-order valence-corrected chi connectivity index (χ2v) is 22.9. The van der Waals surface area contributed by atoms with Gasteiger partial charge in [0, 0.05) is 141 Å². The quantitative estimate of drug-likeness (QED) is 0.00865. The minimum absolute atomic E-state index is 0.0244. The van der Waals surface area contributed by atoms with Gasteiger partial charge in [0.15, 0.2) is 12.4 Å². The number of nitrogens with one attached hydrogen (secondary N) is 3. The Labute approximate surface area is 527 Å². The number of carboxylic acid groups (broad SMARTS) is 1. The molecule has 3 aliphatic heterocycles. The fourth-order valence-electron chi connectivity index (χ4n) is 10.1. The van der Waals surface area contributed by atoms with Crippen LogP contribution in [0.2, 0.25) is 0 Å². The number of nitro groups is 1. The molecule has 3 unspecified atom stereocenters. The van der Waals surface area contributed by atoms with Crippen LogP contribution in [0, 0.1) is 10.1 Å². The van der Waals surface area contributed by atoms with Gasteiger partial charge in [-0.25, -0.2) is 4.58 Å². The number of hydrogen-bond donors (Lipinski definition) is 3. The van der Waals surface area contributed by atoms with Crippen molar-refractivity contribution in [2.75, 3.05) is 104 Å². The van der Waals surface area contributed by atoms with E-state index in [1.54, 1.807) is 24.3 Å². The summed E-state index contributed by atoms with van der Waals surface area (Å²) in [5, 5.41) is 50.1. The molecule has 0 bridgehead atoms. The largest absolute Gasteiger partial charge is 0.545 e. The number of nitrogens with zero attached hydrogens (tertiary/aromatic N) is 9. The first-order valence-electron chi connectivity index (χ1n) is 29.0. The van der Waals surface area contributed by atoms with Gasteiger partial charge in [0.2, 0.25) is 23.1 Å². The fraction of sp³-hybridized carbons (Fsp3) is 0.328. The number of aromatic carboxylic acids is 1. The van der Waals surface area contributed by atoms with Crippen molar-refractivity contribution in [3.63, 3.8) is 0 Å². The molecule has 3 atom stereocenters. The Morgan fingerprint density at radius 1 is 0.758 bits per heavy atom. The smallest absolute Gasteiger partial charge is 0.269 e. The maximum Gasteiger partial charge on any atom is 0.269 e. The van der Waals surface area contributed by atoms with Crippen LogP contribution < -0.4 is 50.3 Å². The van der Waals surface area contributed by atoms with Gasteiger partial charge in [0.1, 0.15) is 48.3 Å². The van der Waals surface area contributed by atoms with Crippen molar-refractivity contribution in [1.29, 1.82) is 0 Å². The number of amides is 5. The van der Waals surface area contributed by atoms with E-state index in [0.29, 0.717) is 93.8 Å². The molecule has 5 aromatic rings. The topological polar surface area (TPSA) is 317 Å². The minimum Gasteiger partial charge on any atom is -0.545 e. The molecule has 5 amide bonds. The third kappa shape index (κ3) is 16.2. The predicted octanol–water partition coefficient (Wildman–Crippen LogP) is 7.29. The molecule has 91 heavy (non-hydrogen) atoms. The molecule has 27 heteroatoms. The Balaban J connectivity index is 0.664. The molecular formula is C64H68N12O14S. The number of thioether (sulfide) groups is 1. The highest BCUT2D eigenvalue weighted by Gasteiger charge is 2.42. The number of carboxylic acids is 1. The van der Waals surface area contributed by atoms with Crippen LogP contribution in [0.4, 0.5) is 39.8 Å². The van der Waals surface area contributed by atoms with E-state index in [2.05, 4.69) is 36.4 Å². The summed E-state index contributed by atoms with van der Waals surface area (Å²) >= 11 is 1.27. The van der Waals surface area contributed by atoms with E-state index in [1.807, 2.05) is 98.1 Å². The van der Waals surface area contributed by atoms with Crippen LogP contribution in [0.15, 0.2) is 140 Å². The first-order valence-corrected chi connectivity index (χ1v) is 30.1. The lowest BCUT2D eigenvalue weighted by Gasteiger charge is -2.20. The summed E-state index contributed by atoms with van der Waals surface area (Å²) in [7, 11) is 12.5. The number of anilines is 2. The van der Waals surface area contributed by atoms with Gasteiger partial charge in [-0.05, 0) is 85.1 Å². The second kappa shape index (κ2) is 29.9. The molecular weight excluding hydrogens is 1190 g/mol. The van der Waals surface area contributed by atoms with Gasteiger partial charge in [-0.15, -0.1) is 22.0 Å². The molecule has 5 aromatic carbocycles. The highest BCUT2D eigenvalue weighted by Crippen LogP contribution is 2.44. The SMILES string of the molecule is COc1cc(N=Nc2ccc([N+](=O)[O-])cc2)c(OC)cc1N=Nc1ccc(N(C)CCCC(=O)NCCSC2CC(=O)N(CC3OCC(C(=O)NCCCNC(=O)c4ccc(C(=O)[O-])c(-c5c6ccc(=[N+](C)C)cc-6oc6cc(N(C)C)ccc56)c4)O3)C2=O)cc1. The van der Waals surface area contributed by atoms with E-state index in [-0.39, 0.29) is 67.4 Å². The number of methoxy groups -OCH3 is 2. The summed E-state index contributed by atoms with van der Waals surface area (Å²) < 4.78 is 30.8. The Kier molecular flexibility index (Phi) is 21.5. The van der Waals surface area contributed by atoms with Crippen LogP contribution in [0.1, 0.15) is 46.4 Å². The van der Waals surface area contributed by atoms with E-state index in [4.69, 9.17) is 23.4 Å². The molecule has 3 heterocycles. The van der Waals surface area contributed by atoms with Crippen LogP contribution in [-0.4, -0.2) is 158 Å². The monoisotopic (exact) mass is 1260 g/mol. The molecule has 0 aromatic heterocycles. The number of carbonyl (C=O) groups is 6. The summed E-state index contributed by atoms with van der Waals surface area (Å²) in [6, 6.07) is 31.8. The summed E-state index contributed by atoms with van der Waals surface area (Å²) in [5.41, 5.74) is 5.55. The van der Waals surface area contributed by atoms with Crippen LogP contribution in [0.3, 0.4) is 0 Å². The van der Waals surface area contributed by atoms with Gasteiger partial charge in [0.05, 0.1) is 61.0 Å². The Morgan fingerprint density at radius 2 is 1.43 bits per heavy atom. The molecule has 0 radical (unpaired) electrons. The minimum atomic E-state index is -1.41. The van der Waals surface area contributed by atoms with Crippen molar-refractivity contribution in [2.45, 2.75) is 43.3 Å². The summed E-state index contributed by atoms with van der Waals surface area (Å²) in [6.07, 6.45) is -0.862. The lowest BCUT2D eigenvalue weighted by molar-refractivity contribution is -0.384. The maximum atomic E-state index is 13.6. The van der Waals surface area contributed by atoms with Crippen LogP contribution in [0.5, 0.6) is 11.5 Å². The van der Waals surface area contributed by atoms with Gasteiger partial charge in [0.25, 0.3) is 17.5 Å². The first-order chi connectivity index (χ1) is 43.8. The zero-order valence-corrected chi connectivity index (χ0v) is 51.9. The highest BCUT2D eigenvalue weighted by molar-refractivity contribution is 8.00. The van der Waals surface area contributed by atoms with E-state index < -0.39 is 52.2 Å².